The molecule has 0 radical (unpaired) electrons. The van der Waals surface area contributed by atoms with Crippen LogP contribution in [0.4, 0.5) is 5.69 Å². The van der Waals surface area contributed by atoms with Gasteiger partial charge >= 0.3 is 0 Å². The molecule has 2 heterocycles. The average Bonchev–Trinajstić information content (AvgIpc) is 3.48. The van der Waals surface area contributed by atoms with E-state index in [9.17, 15) is 9.59 Å². The molecule has 1 aliphatic carbocycles. The first-order chi connectivity index (χ1) is 14.7. The van der Waals surface area contributed by atoms with Crippen LogP contribution in [0, 0.1) is 5.92 Å². The molecule has 7 nitrogen and oxygen atoms in total. The molecule has 2 aliphatic rings. The number of amides is 2. The van der Waals surface area contributed by atoms with Gasteiger partial charge in [-0.05, 0) is 37.3 Å². The second-order valence-corrected chi connectivity index (χ2v) is 8.42. The van der Waals surface area contributed by atoms with Crippen molar-refractivity contribution in [3.8, 4) is 0 Å². The van der Waals surface area contributed by atoms with Gasteiger partial charge in [-0.3, -0.25) is 9.59 Å². The number of fused-ring (bicyclic) bond motifs is 1. The van der Waals surface area contributed by atoms with E-state index in [-0.39, 0.29) is 24.3 Å². The van der Waals surface area contributed by atoms with Crippen LogP contribution in [-0.2, 0) is 22.7 Å². The topological polar surface area (TPSA) is 71.3 Å². The van der Waals surface area contributed by atoms with E-state index < -0.39 is 0 Å². The summed E-state index contributed by atoms with van der Waals surface area (Å²) in [5.74, 6) is 0.460. The highest BCUT2D eigenvalue weighted by molar-refractivity contribution is 5.97. The van der Waals surface area contributed by atoms with Gasteiger partial charge in [0.1, 0.15) is 19.2 Å². The Morgan fingerprint density at radius 1 is 0.967 bits per heavy atom. The Hall–Kier alpha value is -2.70. The molecule has 1 aromatic carbocycles. The van der Waals surface area contributed by atoms with Crippen molar-refractivity contribution in [2.75, 3.05) is 18.0 Å². The standard InChI is InChI=1S/C23H31N5O2/c29-22(16-27-18-24-17-25-27)26-13-7-3-1-2-4-8-14-28(23(30)19-11-12-19)21-10-6-5-9-20(21)15-26/h5-6,9-10,17-19H,1-4,7-8,11-16H2. The maximum Gasteiger partial charge on any atom is 0.244 e. The molecule has 160 valence electrons. The zero-order valence-electron chi connectivity index (χ0n) is 17.6. The Morgan fingerprint density at radius 3 is 2.43 bits per heavy atom. The van der Waals surface area contributed by atoms with Crippen molar-refractivity contribution < 1.29 is 9.59 Å². The molecule has 1 aromatic heterocycles. The molecule has 0 bridgehead atoms. The number of hydrogen-bond donors (Lipinski definition) is 0. The smallest absolute Gasteiger partial charge is 0.244 e. The molecular formula is C23H31N5O2. The van der Waals surface area contributed by atoms with E-state index in [1.807, 2.05) is 28.0 Å². The van der Waals surface area contributed by atoms with E-state index in [2.05, 4.69) is 16.1 Å². The Bertz CT molecular complexity index is 847. The number of para-hydroxylation sites is 1. The first-order valence-corrected chi connectivity index (χ1v) is 11.2. The second-order valence-electron chi connectivity index (χ2n) is 8.42. The molecule has 0 saturated heterocycles. The van der Waals surface area contributed by atoms with Crippen molar-refractivity contribution in [2.45, 2.75) is 64.5 Å². The lowest BCUT2D eigenvalue weighted by atomic mass is 10.1. The van der Waals surface area contributed by atoms with Gasteiger partial charge in [0.15, 0.2) is 0 Å². The highest BCUT2D eigenvalue weighted by Crippen LogP contribution is 2.34. The van der Waals surface area contributed by atoms with Crippen LogP contribution in [0.3, 0.4) is 0 Å². The monoisotopic (exact) mass is 409 g/mol. The fourth-order valence-corrected chi connectivity index (χ4v) is 4.14. The molecule has 30 heavy (non-hydrogen) atoms. The summed E-state index contributed by atoms with van der Waals surface area (Å²) in [7, 11) is 0. The first kappa shape index (κ1) is 20.6. The van der Waals surface area contributed by atoms with Crippen LogP contribution in [0.15, 0.2) is 36.9 Å². The maximum absolute atomic E-state index is 13.1. The summed E-state index contributed by atoms with van der Waals surface area (Å²) in [5, 5.41) is 4.08. The molecule has 2 aromatic rings. The zero-order valence-corrected chi connectivity index (χ0v) is 17.6. The van der Waals surface area contributed by atoms with Crippen molar-refractivity contribution in [1.29, 1.82) is 0 Å². The largest absolute Gasteiger partial charge is 0.337 e. The summed E-state index contributed by atoms with van der Waals surface area (Å²) in [5.41, 5.74) is 2.00. The van der Waals surface area contributed by atoms with E-state index in [1.54, 1.807) is 11.0 Å². The van der Waals surface area contributed by atoms with Crippen LogP contribution in [0.25, 0.3) is 0 Å². The van der Waals surface area contributed by atoms with Gasteiger partial charge in [0.2, 0.25) is 11.8 Å². The van der Waals surface area contributed by atoms with Crippen LogP contribution in [0.5, 0.6) is 0 Å². The molecule has 0 atom stereocenters. The number of anilines is 1. The molecule has 0 N–H and O–H groups in total. The lowest BCUT2D eigenvalue weighted by Gasteiger charge is -2.28. The fourth-order valence-electron chi connectivity index (χ4n) is 4.14. The molecule has 1 saturated carbocycles. The number of aromatic nitrogens is 3. The van der Waals surface area contributed by atoms with Crippen molar-refractivity contribution in [3.63, 3.8) is 0 Å². The molecule has 4 rings (SSSR count). The first-order valence-electron chi connectivity index (χ1n) is 11.2. The minimum absolute atomic E-state index is 0.0326. The van der Waals surface area contributed by atoms with Gasteiger partial charge in [0, 0.05) is 31.2 Å². The Balaban J connectivity index is 1.59. The van der Waals surface area contributed by atoms with E-state index >= 15 is 0 Å². The van der Waals surface area contributed by atoms with Crippen molar-refractivity contribution in [3.05, 3.63) is 42.5 Å². The SMILES string of the molecule is O=C(Cn1cncn1)N1CCCCCCCCN(C(=O)C2CC2)c2ccccc2C1. The van der Waals surface area contributed by atoms with E-state index in [0.717, 1.165) is 62.9 Å². The minimum Gasteiger partial charge on any atom is -0.337 e. The van der Waals surface area contributed by atoms with Crippen LogP contribution >= 0.6 is 0 Å². The van der Waals surface area contributed by atoms with Gasteiger partial charge in [-0.1, -0.05) is 43.9 Å². The highest BCUT2D eigenvalue weighted by atomic mass is 16.2. The number of benzene rings is 1. The molecular weight excluding hydrogens is 378 g/mol. The minimum atomic E-state index is 0.0326. The molecule has 1 aliphatic heterocycles. The van der Waals surface area contributed by atoms with E-state index in [4.69, 9.17) is 0 Å². The van der Waals surface area contributed by atoms with Crippen molar-refractivity contribution in [2.24, 2.45) is 5.92 Å². The number of carbonyl (C=O) groups excluding carboxylic acids is 2. The Labute approximate surface area is 178 Å². The highest BCUT2D eigenvalue weighted by Gasteiger charge is 2.34. The van der Waals surface area contributed by atoms with Gasteiger partial charge in [0.05, 0.1) is 0 Å². The number of rotatable bonds is 3. The molecule has 7 heteroatoms. The second kappa shape index (κ2) is 9.87. The number of carbonyl (C=O) groups is 2. The summed E-state index contributed by atoms with van der Waals surface area (Å²) >= 11 is 0. The normalized spacial score (nSPS) is 18.7. The molecule has 1 fully saturated rings. The Kier molecular flexibility index (Phi) is 6.77. The van der Waals surface area contributed by atoms with Gasteiger partial charge in [-0.15, -0.1) is 0 Å². The third kappa shape index (κ3) is 5.26. The summed E-state index contributed by atoms with van der Waals surface area (Å²) < 4.78 is 1.57. The predicted octanol–water partition coefficient (Wildman–Crippen LogP) is 3.40. The maximum atomic E-state index is 13.1. The summed E-state index contributed by atoms with van der Waals surface area (Å²) in [6, 6.07) is 8.08. The van der Waals surface area contributed by atoms with Crippen LogP contribution in [0.2, 0.25) is 0 Å². The summed E-state index contributed by atoms with van der Waals surface area (Å²) in [6.07, 6.45) is 11.7. The van der Waals surface area contributed by atoms with Crippen LogP contribution in [0.1, 0.15) is 56.9 Å². The third-order valence-corrected chi connectivity index (χ3v) is 6.01. The lowest BCUT2D eigenvalue weighted by Crippen LogP contribution is -2.37. The Morgan fingerprint density at radius 2 is 1.70 bits per heavy atom. The van der Waals surface area contributed by atoms with E-state index in [0.29, 0.717) is 6.54 Å². The predicted molar refractivity (Wildman–Crippen MR) is 115 cm³/mol. The van der Waals surface area contributed by atoms with Gasteiger partial charge in [-0.25, -0.2) is 9.67 Å². The van der Waals surface area contributed by atoms with Gasteiger partial charge < -0.3 is 9.80 Å². The van der Waals surface area contributed by atoms with Crippen LogP contribution in [-0.4, -0.2) is 44.6 Å². The quantitative estimate of drug-likeness (QED) is 0.779. The number of hydrogen-bond acceptors (Lipinski definition) is 4. The van der Waals surface area contributed by atoms with Crippen molar-refractivity contribution in [1.82, 2.24) is 19.7 Å². The molecule has 2 amide bonds. The van der Waals surface area contributed by atoms with Gasteiger partial charge in [0.25, 0.3) is 0 Å². The summed E-state index contributed by atoms with van der Waals surface area (Å²) in [4.78, 5) is 34.0. The van der Waals surface area contributed by atoms with E-state index in [1.165, 1.54) is 19.2 Å². The summed E-state index contributed by atoms with van der Waals surface area (Å²) in [6.45, 7) is 2.18. The zero-order chi connectivity index (χ0) is 20.8. The number of nitrogens with zero attached hydrogens (tertiary/aromatic N) is 5. The average molecular weight is 410 g/mol. The van der Waals surface area contributed by atoms with Crippen molar-refractivity contribution >= 4 is 17.5 Å². The van der Waals surface area contributed by atoms with Crippen LogP contribution < -0.4 is 4.90 Å². The molecule has 0 unspecified atom stereocenters. The van der Waals surface area contributed by atoms with Gasteiger partial charge in [-0.2, -0.15) is 5.10 Å². The fraction of sp³-hybridized carbons (Fsp3) is 0.565. The molecule has 0 spiro atoms. The lowest BCUT2D eigenvalue weighted by molar-refractivity contribution is -0.132. The third-order valence-electron chi connectivity index (χ3n) is 6.01.